The third kappa shape index (κ3) is 5.79. The number of hydrogen-bond acceptors (Lipinski definition) is 6. The van der Waals surface area contributed by atoms with Crippen molar-refractivity contribution in [3.8, 4) is 0 Å². The number of rotatable bonds is 9. The Morgan fingerprint density at radius 2 is 2.03 bits per heavy atom. The van der Waals surface area contributed by atoms with Crippen LogP contribution in [0.15, 0.2) is 12.4 Å². The lowest BCUT2D eigenvalue weighted by atomic mass is 9.92. The van der Waals surface area contributed by atoms with Gasteiger partial charge in [0.05, 0.1) is 38.4 Å². The van der Waals surface area contributed by atoms with Crippen molar-refractivity contribution in [2.24, 2.45) is 5.92 Å². The van der Waals surface area contributed by atoms with Gasteiger partial charge in [-0.15, -0.1) is 0 Å². The van der Waals surface area contributed by atoms with Gasteiger partial charge in [0.1, 0.15) is 0 Å². The Morgan fingerprint density at radius 3 is 2.66 bits per heavy atom. The van der Waals surface area contributed by atoms with Gasteiger partial charge in [-0.1, -0.05) is 0 Å². The molecule has 0 spiro atoms. The summed E-state index contributed by atoms with van der Waals surface area (Å²) in [6.45, 7) is 7.36. The zero-order valence-corrected chi connectivity index (χ0v) is 17.9. The fraction of sp³-hybridized carbons (Fsp3) is 0.700. The second-order valence-electron chi connectivity index (χ2n) is 8.19. The van der Waals surface area contributed by atoms with E-state index in [1.54, 1.807) is 22.9 Å². The maximum Gasteiger partial charge on any atom is 0.305 e. The van der Waals surface area contributed by atoms with Crippen LogP contribution in [-0.4, -0.2) is 65.4 Å². The van der Waals surface area contributed by atoms with Crippen LogP contribution in [-0.2, 0) is 30.4 Å². The van der Waals surface area contributed by atoms with Crippen LogP contribution in [0.1, 0.15) is 51.6 Å². The number of nitrogens with one attached hydrogen (secondary N) is 1. The van der Waals surface area contributed by atoms with E-state index in [2.05, 4.69) is 15.2 Å². The molecule has 1 N–H and O–H groups in total. The zero-order valence-electron chi connectivity index (χ0n) is 17.9. The first-order valence-corrected chi connectivity index (χ1v) is 9.87. The van der Waals surface area contributed by atoms with Gasteiger partial charge in [-0.3, -0.25) is 19.1 Å². The molecule has 9 nitrogen and oxygen atoms in total. The average molecular weight is 408 g/mol. The molecule has 1 aromatic heterocycles. The van der Waals surface area contributed by atoms with Crippen molar-refractivity contribution in [1.29, 1.82) is 0 Å². The molecule has 0 radical (unpaired) electrons. The van der Waals surface area contributed by atoms with Crippen LogP contribution < -0.4 is 5.32 Å². The molecular weight excluding hydrogens is 376 g/mol. The zero-order chi connectivity index (χ0) is 21.6. The molecule has 2 atom stereocenters. The molecule has 1 aliphatic heterocycles. The second-order valence-corrected chi connectivity index (χ2v) is 8.19. The molecule has 0 saturated carbocycles. The maximum absolute atomic E-state index is 12.9. The minimum atomic E-state index is -0.514. The molecule has 29 heavy (non-hydrogen) atoms. The molecule has 2 heterocycles. The Hall–Kier alpha value is -2.42. The van der Waals surface area contributed by atoms with Crippen molar-refractivity contribution in [2.75, 3.05) is 27.4 Å². The van der Waals surface area contributed by atoms with Gasteiger partial charge in [0.2, 0.25) is 11.8 Å². The average Bonchev–Trinajstić information content (AvgIpc) is 3.26. The third-order valence-corrected chi connectivity index (χ3v) is 4.99. The summed E-state index contributed by atoms with van der Waals surface area (Å²) in [6.07, 6.45) is 4.47. The smallest absolute Gasteiger partial charge is 0.305 e. The number of amides is 2. The molecule has 1 aromatic rings. The lowest BCUT2D eigenvalue weighted by molar-refractivity contribution is -0.141. The summed E-state index contributed by atoms with van der Waals surface area (Å²) in [5.74, 6) is -1.07. The molecule has 0 bridgehead atoms. The fourth-order valence-electron chi connectivity index (χ4n) is 3.66. The Morgan fingerprint density at radius 1 is 1.31 bits per heavy atom. The highest BCUT2D eigenvalue weighted by Gasteiger charge is 2.48. The topological polar surface area (TPSA) is 103 Å². The van der Waals surface area contributed by atoms with Gasteiger partial charge >= 0.3 is 5.97 Å². The number of carbonyl (C=O) groups is 3. The number of aromatic nitrogens is 2. The highest BCUT2D eigenvalue weighted by molar-refractivity contribution is 5.90. The van der Waals surface area contributed by atoms with Crippen LogP contribution in [0.4, 0.5) is 0 Å². The number of ether oxygens (including phenoxy) is 2. The first kappa shape index (κ1) is 22.9. The van der Waals surface area contributed by atoms with E-state index in [1.807, 2.05) is 27.0 Å². The summed E-state index contributed by atoms with van der Waals surface area (Å²) in [5.41, 5.74) is 0.396. The molecule has 0 aliphatic carbocycles. The summed E-state index contributed by atoms with van der Waals surface area (Å²) in [7, 11) is 2.96. The molecular formula is C20H32N4O5. The SMILES string of the molecule is COCCn1cc([C@H]2[C@@H](C(=O)NCCCC(=O)OC)CC(=O)N2C(C)(C)C)cn1. The van der Waals surface area contributed by atoms with Gasteiger partial charge < -0.3 is 19.7 Å². The van der Waals surface area contributed by atoms with Crippen LogP contribution >= 0.6 is 0 Å². The van der Waals surface area contributed by atoms with E-state index in [1.165, 1.54) is 7.11 Å². The number of likely N-dealkylation sites (tertiary alicyclic amines) is 1. The Kier molecular flexibility index (Phi) is 7.78. The molecule has 2 rings (SSSR count). The summed E-state index contributed by atoms with van der Waals surface area (Å²) in [5, 5.41) is 7.22. The molecule has 1 fully saturated rings. The predicted molar refractivity (Wildman–Crippen MR) is 106 cm³/mol. The van der Waals surface area contributed by atoms with Gasteiger partial charge in [0, 0.05) is 43.8 Å². The lowest BCUT2D eigenvalue weighted by Gasteiger charge is -2.38. The Labute approximate surface area is 171 Å². The van der Waals surface area contributed by atoms with Gasteiger partial charge in [-0.05, 0) is 27.2 Å². The fourth-order valence-corrected chi connectivity index (χ4v) is 3.66. The Balaban J connectivity index is 2.16. The standard InChI is InChI=1S/C20H32N4O5/c1-20(2,3)24-16(25)11-15(19(27)21-8-6-7-17(26)29-5)18(24)14-12-22-23(13-14)9-10-28-4/h12-13,15,18H,6-11H2,1-5H3,(H,21,27)/t15-,18-/m0/s1. The first-order chi connectivity index (χ1) is 13.7. The van der Waals surface area contributed by atoms with Gasteiger partial charge in [0.25, 0.3) is 0 Å². The van der Waals surface area contributed by atoms with Crippen molar-refractivity contribution < 1.29 is 23.9 Å². The quantitative estimate of drug-likeness (QED) is 0.488. The van der Waals surface area contributed by atoms with Crippen molar-refractivity contribution in [3.63, 3.8) is 0 Å². The van der Waals surface area contributed by atoms with Crippen LogP contribution in [0.2, 0.25) is 0 Å². The number of esters is 1. The number of nitrogens with zero attached hydrogens (tertiary/aromatic N) is 3. The van der Waals surface area contributed by atoms with E-state index >= 15 is 0 Å². The van der Waals surface area contributed by atoms with E-state index in [4.69, 9.17) is 4.74 Å². The van der Waals surface area contributed by atoms with Gasteiger partial charge in [-0.25, -0.2) is 0 Å². The summed E-state index contributed by atoms with van der Waals surface area (Å²) in [6, 6.07) is -0.389. The van der Waals surface area contributed by atoms with Crippen molar-refractivity contribution in [3.05, 3.63) is 18.0 Å². The van der Waals surface area contributed by atoms with E-state index in [9.17, 15) is 14.4 Å². The van der Waals surface area contributed by atoms with Crippen LogP contribution in [0.5, 0.6) is 0 Å². The second kappa shape index (κ2) is 9.87. The number of hydrogen-bond donors (Lipinski definition) is 1. The number of methoxy groups -OCH3 is 2. The number of carbonyl (C=O) groups excluding carboxylic acids is 3. The van der Waals surface area contributed by atoms with Crippen LogP contribution in [0.25, 0.3) is 0 Å². The van der Waals surface area contributed by atoms with E-state index in [0.29, 0.717) is 26.1 Å². The summed E-state index contributed by atoms with van der Waals surface area (Å²) in [4.78, 5) is 38.7. The largest absolute Gasteiger partial charge is 0.469 e. The van der Waals surface area contributed by atoms with Crippen molar-refractivity contribution in [2.45, 2.75) is 58.2 Å². The molecule has 1 aliphatic rings. The molecule has 9 heteroatoms. The lowest BCUT2D eigenvalue weighted by Crippen LogP contribution is -2.45. The normalized spacial score (nSPS) is 19.5. The van der Waals surface area contributed by atoms with Crippen molar-refractivity contribution >= 4 is 17.8 Å². The van der Waals surface area contributed by atoms with Crippen LogP contribution in [0.3, 0.4) is 0 Å². The van der Waals surface area contributed by atoms with Gasteiger partial charge in [0.15, 0.2) is 0 Å². The molecule has 1 saturated heterocycles. The molecule has 2 amide bonds. The summed E-state index contributed by atoms with van der Waals surface area (Å²) >= 11 is 0. The Bertz CT molecular complexity index is 725. The van der Waals surface area contributed by atoms with Crippen LogP contribution in [0, 0.1) is 5.92 Å². The molecule has 0 aromatic carbocycles. The first-order valence-electron chi connectivity index (χ1n) is 9.87. The predicted octanol–water partition coefficient (Wildman–Crippen LogP) is 1.29. The molecule has 0 unspecified atom stereocenters. The highest BCUT2D eigenvalue weighted by Crippen LogP contribution is 2.42. The van der Waals surface area contributed by atoms with Crippen molar-refractivity contribution in [1.82, 2.24) is 20.0 Å². The third-order valence-electron chi connectivity index (χ3n) is 4.99. The monoisotopic (exact) mass is 408 g/mol. The minimum Gasteiger partial charge on any atom is -0.469 e. The van der Waals surface area contributed by atoms with E-state index in [0.717, 1.165) is 5.56 Å². The minimum absolute atomic E-state index is 0.0538. The van der Waals surface area contributed by atoms with E-state index in [-0.39, 0.29) is 36.7 Å². The maximum atomic E-state index is 12.9. The van der Waals surface area contributed by atoms with Gasteiger partial charge in [-0.2, -0.15) is 5.10 Å². The highest BCUT2D eigenvalue weighted by atomic mass is 16.5. The summed E-state index contributed by atoms with van der Waals surface area (Å²) < 4.78 is 11.5. The molecule has 162 valence electrons. The van der Waals surface area contributed by atoms with E-state index < -0.39 is 11.5 Å².